The van der Waals surface area contributed by atoms with Crippen molar-refractivity contribution in [2.24, 2.45) is 5.73 Å². The number of aromatic nitrogens is 1. The molecule has 1 fully saturated rings. The summed E-state index contributed by atoms with van der Waals surface area (Å²) in [6.07, 6.45) is 1.40. The summed E-state index contributed by atoms with van der Waals surface area (Å²) < 4.78 is 12.8. The predicted molar refractivity (Wildman–Crippen MR) is 43.8 cm³/mol. The van der Waals surface area contributed by atoms with Gasteiger partial charge in [-0.1, -0.05) is 0 Å². The minimum Gasteiger partial charge on any atom is -0.494 e. The molecule has 0 saturated heterocycles. The van der Waals surface area contributed by atoms with Crippen LogP contribution in [0, 0.1) is 5.82 Å². The second-order valence-electron chi connectivity index (χ2n) is 3.36. The SMILES string of the molecule is NC1(c2cc(F)c(=O)[nH]c2O)CC1. The molecule has 70 valence electrons. The number of hydrogen-bond donors (Lipinski definition) is 3. The zero-order valence-electron chi connectivity index (χ0n) is 6.80. The van der Waals surface area contributed by atoms with Crippen molar-refractivity contribution in [2.75, 3.05) is 0 Å². The Morgan fingerprint density at radius 1 is 1.62 bits per heavy atom. The Labute approximate surface area is 73.2 Å². The third-order valence-electron chi connectivity index (χ3n) is 2.30. The van der Waals surface area contributed by atoms with Gasteiger partial charge in [-0.15, -0.1) is 0 Å². The van der Waals surface area contributed by atoms with Crippen LogP contribution in [0.2, 0.25) is 0 Å². The van der Waals surface area contributed by atoms with Gasteiger partial charge >= 0.3 is 0 Å². The molecular formula is C8H9FN2O2. The topological polar surface area (TPSA) is 79.1 Å². The van der Waals surface area contributed by atoms with Gasteiger partial charge in [0.2, 0.25) is 0 Å². The summed E-state index contributed by atoms with van der Waals surface area (Å²) >= 11 is 0. The molecule has 1 aromatic heterocycles. The van der Waals surface area contributed by atoms with Gasteiger partial charge in [0, 0.05) is 11.1 Å². The van der Waals surface area contributed by atoms with Crippen molar-refractivity contribution in [1.29, 1.82) is 0 Å². The molecule has 4 nitrogen and oxygen atoms in total. The lowest BCUT2D eigenvalue weighted by atomic mass is 10.1. The van der Waals surface area contributed by atoms with Crippen LogP contribution in [-0.4, -0.2) is 10.1 Å². The van der Waals surface area contributed by atoms with Crippen LogP contribution >= 0.6 is 0 Å². The second kappa shape index (κ2) is 2.32. The largest absolute Gasteiger partial charge is 0.494 e. The molecule has 1 saturated carbocycles. The normalized spacial score (nSPS) is 18.6. The molecule has 2 rings (SSSR count). The molecule has 0 spiro atoms. The summed E-state index contributed by atoms with van der Waals surface area (Å²) in [4.78, 5) is 12.7. The summed E-state index contributed by atoms with van der Waals surface area (Å²) in [6, 6.07) is 1.00. The van der Waals surface area contributed by atoms with Crippen molar-refractivity contribution in [2.45, 2.75) is 18.4 Å². The van der Waals surface area contributed by atoms with E-state index in [0.29, 0.717) is 12.8 Å². The standard InChI is InChI=1S/C8H9FN2O2/c9-5-3-4(8(10)1-2-8)6(12)11-7(5)13/h3H,1-2,10H2,(H2,11,12,13). The quantitative estimate of drug-likeness (QED) is 0.582. The lowest BCUT2D eigenvalue weighted by Gasteiger charge is -2.09. The number of nitrogens with one attached hydrogen (secondary N) is 1. The number of H-pyrrole nitrogens is 1. The van der Waals surface area contributed by atoms with Crippen molar-refractivity contribution >= 4 is 0 Å². The summed E-state index contributed by atoms with van der Waals surface area (Å²) in [5.74, 6) is -1.24. The first-order valence-corrected chi connectivity index (χ1v) is 3.94. The number of nitrogens with two attached hydrogens (primary N) is 1. The summed E-state index contributed by atoms with van der Waals surface area (Å²) in [5, 5.41) is 9.29. The average molecular weight is 184 g/mol. The molecule has 0 aromatic carbocycles. The predicted octanol–water partition coefficient (Wildman–Crippen LogP) is 0.167. The van der Waals surface area contributed by atoms with E-state index in [0.717, 1.165) is 6.07 Å². The lowest BCUT2D eigenvalue weighted by molar-refractivity contribution is 0.430. The molecule has 0 aliphatic heterocycles. The van der Waals surface area contributed by atoms with Gasteiger partial charge < -0.3 is 10.8 Å². The molecule has 5 heteroatoms. The van der Waals surface area contributed by atoms with Crippen LogP contribution in [0.3, 0.4) is 0 Å². The molecule has 1 aliphatic rings. The van der Waals surface area contributed by atoms with Crippen LogP contribution in [0.25, 0.3) is 0 Å². The number of aromatic hydroxyl groups is 1. The van der Waals surface area contributed by atoms with E-state index in [9.17, 15) is 14.3 Å². The fourth-order valence-corrected chi connectivity index (χ4v) is 1.28. The smallest absolute Gasteiger partial charge is 0.286 e. The van der Waals surface area contributed by atoms with E-state index in [-0.39, 0.29) is 11.4 Å². The molecule has 0 unspecified atom stereocenters. The Hall–Kier alpha value is -1.36. The van der Waals surface area contributed by atoms with E-state index in [1.165, 1.54) is 0 Å². The van der Waals surface area contributed by atoms with Crippen molar-refractivity contribution in [3.05, 3.63) is 27.8 Å². The minimum atomic E-state index is -0.925. The van der Waals surface area contributed by atoms with Crippen LogP contribution in [0.5, 0.6) is 5.88 Å². The van der Waals surface area contributed by atoms with Crippen LogP contribution < -0.4 is 11.3 Å². The van der Waals surface area contributed by atoms with Crippen molar-refractivity contribution in [1.82, 2.24) is 4.98 Å². The molecule has 1 aromatic rings. The van der Waals surface area contributed by atoms with Crippen molar-refractivity contribution in [3.8, 4) is 5.88 Å². The molecular weight excluding hydrogens is 175 g/mol. The molecule has 13 heavy (non-hydrogen) atoms. The molecule has 0 amide bonds. The molecule has 0 atom stereocenters. The highest BCUT2D eigenvalue weighted by molar-refractivity contribution is 5.36. The van der Waals surface area contributed by atoms with Gasteiger partial charge in [0.05, 0.1) is 0 Å². The fourth-order valence-electron chi connectivity index (χ4n) is 1.28. The van der Waals surface area contributed by atoms with Crippen molar-refractivity contribution in [3.63, 3.8) is 0 Å². The highest BCUT2D eigenvalue weighted by Crippen LogP contribution is 2.45. The Morgan fingerprint density at radius 2 is 2.23 bits per heavy atom. The Morgan fingerprint density at radius 3 is 2.77 bits per heavy atom. The van der Waals surface area contributed by atoms with Gasteiger partial charge in [-0.3, -0.25) is 9.78 Å². The third-order valence-corrected chi connectivity index (χ3v) is 2.30. The minimum absolute atomic E-state index is 0.282. The van der Waals surface area contributed by atoms with E-state index in [1.807, 2.05) is 4.98 Å². The monoisotopic (exact) mass is 184 g/mol. The van der Waals surface area contributed by atoms with E-state index >= 15 is 0 Å². The first kappa shape index (κ1) is 8.25. The van der Waals surface area contributed by atoms with E-state index in [2.05, 4.69) is 0 Å². The maximum absolute atomic E-state index is 12.8. The van der Waals surface area contributed by atoms with Crippen LogP contribution in [0.15, 0.2) is 10.9 Å². The zero-order valence-corrected chi connectivity index (χ0v) is 6.80. The number of pyridine rings is 1. The Balaban J connectivity index is 2.59. The molecule has 1 heterocycles. The van der Waals surface area contributed by atoms with E-state index in [1.54, 1.807) is 0 Å². The van der Waals surface area contributed by atoms with Gasteiger partial charge in [0.15, 0.2) is 11.7 Å². The maximum Gasteiger partial charge on any atom is 0.286 e. The molecule has 0 radical (unpaired) electrons. The molecule has 4 N–H and O–H groups in total. The summed E-state index contributed by atoms with van der Waals surface area (Å²) in [7, 11) is 0. The van der Waals surface area contributed by atoms with Gasteiger partial charge in [-0.25, -0.2) is 4.39 Å². The lowest BCUT2D eigenvalue weighted by Crippen LogP contribution is -2.22. The van der Waals surface area contributed by atoms with E-state index in [4.69, 9.17) is 5.73 Å². The summed E-state index contributed by atoms with van der Waals surface area (Å²) in [5.41, 5.74) is 4.45. The van der Waals surface area contributed by atoms with Crippen LogP contribution in [0.4, 0.5) is 4.39 Å². The van der Waals surface area contributed by atoms with Crippen molar-refractivity contribution < 1.29 is 9.50 Å². The first-order chi connectivity index (χ1) is 6.03. The number of hydrogen-bond acceptors (Lipinski definition) is 3. The zero-order chi connectivity index (χ0) is 9.64. The number of rotatable bonds is 1. The third kappa shape index (κ3) is 1.21. The summed E-state index contributed by atoms with van der Waals surface area (Å²) in [6.45, 7) is 0. The van der Waals surface area contributed by atoms with Gasteiger partial charge in [-0.05, 0) is 18.9 Å². The number of aromatic amines is 1. The Kier molecular flexibility index (Phi) is 1.47. The molecule has 0 bridgehead atoms. The average Bonchev–Trinajstić information content (AvgIpc) is 2.77. The van der Waals surface area contributed by atoms with Crippen LogP contribution in [0.1, 0.15) is 18.4 Å². The maximum atomic E-state index is 12.8. The highest BCUT2D eigenvalue weighted by atomic mass is 19.1. The van der Waals surface area contributed by atoms with Gasteiger partial charge in [0.1, 0.15) is 0 Å². The van der Waals surface area contributed by atoms with Crippen LogP contribution in [-0.2, 0) is 5.54 Å². The van der Waals surface area contributed by atoms with Gasteiger partial charge in [-0.2, -0.15) is 0 Å². The fraction of sp³-hybridized carbons (Fsp3) is 0.375. The Bertz CT molecular complexity index is 409. The first-order valence-electron chi connectivity index (χ1n) is 3.94. The highest BCUT2D eigenvalue weighted by Gasteiger charge is 2.42. The molecule has 1 aliphatic carbocycles. The van der Waals surface area contributed by atoms with Gasteiger partial charge in [0.25, 0.3) is 5.56 Å². The second-order valence-corrected chi connectivity index (χ2v) is 3.36. The number of halogens is 1. The van der Waals surface area contributed by atoms with E-state index < -0.39 is 16.9 Å².